The van der Waals surface area contributed by atoms with Gasteiger partial charge in [-0.25, -0.2) is 4.79 Å². The molecular formula is C16H24N2O3. The highest BCUT2D eigenvalue weighted by Gasteiger charge is 2.36. The van der Waals surface area contributed by atoms with Crippen molar-refractivity contribution in [1.29, 1.82) is 0 Å². The summed E-state index contributed by atoms with van der Waals surface area (Å²) in [5, 5.41) is 0. The lowest BCUT2D eigenvalue weighted by Gasteiger charge is -2.24. The lowest BCUT2D eigenvalue weighted by atomic mass is 9.95. The number of hydrogen-bond donors (Lipinski definition) is 1. The topological polar surface area (TPSA) is 64.8 Å². The molecule has 0 radical (unpaired) electrons. The van der Waals surface area contributed by atoms with Crippen LogP contribution in [0.2, 0.25) is 0 Å². The average Bonchev–Trinajstić information content (AvgIpc) is 2.79. The SMILES string of the molecule is COc1cccc([C@H]2CN(C(=O)OC(C)(C)C)C[C@H]2N)c1. The van der Waals surface area contributed by atoms with Gasteiger partial charge in [0, 0.05) is 25.0 Å². The fourth-order valence-electron chi connectivity index (χ4n) is 2.53. The quantitative estimate of drug-likeness (QED) is 0.909. The van der Waals surface area contributed by atoms with Crippen molar-refractivity contribution in [2.75, 3.05) is 20.2 Å². The van der Waals surface area contributed by atoms with E-state index in [4.69, 9.17) is 15.2 Å². The van der Waals surface area contributed by atoms with Gasteiger partial charge in [-0.1, -0.05) is 12.1 Å². The summed E-state index contributed by atoms with van der Waals surface area (Å²) in [4.78, 5) is 13.8. The summed E-state index contributed by atoms with van der Waals surface area (Å²) in [6, 6.07) is 7.74. The van der Waals surface area contributed by atoms with Crippen molar-refractivity contribution < 1.29 is 14.3 Å². The minimum absolute atomic E-state index is 0.0929. The summed E-state index contributed by atoms with van der Waals surface area (Å²) in [7, 11) is 1.64. The second kappa shape index (κ2) is 5.93. The van der Waals surface area contributed by atoms with E-state index in [1.165, 1.54) is 0 Å². The van der Waals surface area contributed by atoms with Gasteiger partial charge in [0.05, 0.1) is 7.11 Å². The molecule has 1 aliphatic heterocycles. The van der Waals surface area contributed by atoms with E-state index in [1.54, 1.807) is 12.0 Å². The van der Waals surface area contributed by atoms with Gasteiger partial charge in [0.25, 0.3) is 0 Å². The Bertz CT molecular complexity index is 510. The van der Waals surface area contributed by atoms with Crippen LogP contribution in [0.4, 0.5) is 4.79 Å². The highest BCUT2D eigenvalue weighted by atomic mass is 16.6. The monoisotopic (exact) mass is 292 g/mol. The van der Waals surface area contributed by atoms with E-state index in [-0.39, 0.29) is 18.1 Å². The van der Waals surface area contributed by atoms with Crippen LogP contribution < -0.4 is 10.5 Å². The summed E-state index contributed by atoms with van der Waals surface area (Å²) >= 11 is 0. The van der Waals surface area contributed by atoms with Crippen molar-refractivity contribution in [3.63, 3.8) is 0 Å². The standard InChI is InChI=1S/C16H24N2O3/c1-16(2,3)21-15(19)18-9-13(14(17)10-18)11-6-5-7-12(8-11)20-4/h5-8,13-14H,9-10,17H2,1-4H3/t13-,14-/m1/s1. The number of ether oxygens (including phenoxy) is 2. The van der Waals surface area contributed by atoms with Crippen molar-refractivity contribution in [3.8, 4) is 5.75 Å². The molecule has 2 rings (SSSR count). The van der Waals surface area contributed by atoms with E-state index < -0.39 is 5.60 Å². The fourth-order valence-corrected chi connectivity index (χ4v) is 2.53. The van der Waals surface area contributed by atoms with Gasteiger partial charge in [0.15, 0.2) is 0 Å². The first-order valence-corrected chi connectivity index (χ1v) is 7.17. The van der Waals surface area contributed by atoms with Crippen molar-refractivity contribution in [2.24, 2.45) is 5.73 Å². The number of amides is 1. The number of nitrogens with zero attached hydrogens (tertiary/aromatic N) is 1. The molecule has 0 aliphatic carbocycles. The maximum Gasteiger partial charge on any atom is 0.410 e. The van der Waals surface area contributed by atoms with Crippen LogP contribution in [0.25, 0.3) is 0 Å². The van der Waals surface area contributed by atoms with E-state index in [0.29, 0.717) is 13.1 Å². The Balaban J connectivity index is 2.08. The summed E-state index contributed by atoms with van der Waals surface area (Å²) in [6.07, 6.45) is -0.302. The van der Waals surface area contributed by atoms with Crippen LogP contribution >= 0.6 is 0 Å². The molecule has 1 aromatic rings. The molecule has 1 saturated heterocycles. The first kappa shape index (κ1) is 15.6. The van der Waals surface area contributed by atoms with Gasteiger partial charge in [0.1, 0.15) is 11.4 Å². The Labute approximate surface area is 126 Å². The number of rotatable bonds is 2. The van der Waals surface area contributed by atoms with Crippen molar-refractivity contribution in [3.05, 3.63) is 29.8 Å². The molecular weight excluding hydrogens is 268 g/mol. The Morgan fingerprint density at radius 2 is 2.05 bits per heavy atom. The molecule has 1 heterocycles. The van der Waals surface area contributed by atoms with Crippen molar-refractivity contribution >= 4 is 6.09 Å². The highest BCUT2D eigenvalue weighted by molar-refractivity contribution is 5.69. The molecule has 1 fully saturated rings. The van der Waals surface area contributed by atoms with Crippen LogP contribution in [0.5, 0.6) is 5.75 Å². The predicted molar refractivity (Wildman–Crippen MR) is 81.5 cm³/mol. The van der Waals surface area contributed by atoms with Gasteiger partial charge in [-0.15, -0.1) is 0 Å². The lowest BCUT2D eigenvalue weighted by molar-refractivity contribution is 0.0290. The molecule has 0 saturated carbocycles. The molecule has 21 heavy (non-hydrogen) atoms. The van der Waals surface area contributed by atoms with Gasteiger partial charge in [0.2, 0.25) is 0 Å². The Morgan fingerprint density at radius 3 is 2.67 bits per heavy atom. The molecule has 1 aromatic carbocycles. The van der Waals surface area contributed by atoms with Crippen LogP contribution in [0.3, 0.4) is 0 Å². The number of nitrogens with two attached hydrogens (primary N) is 1. The lowest BCUT2D eigenvalue weighted by Crippen LogP contribution is -2.36. The van der Waals surface area contributed by atoms with E-state index in [1.807, 2.05) is 45.0 Å². The Kier molecular flexibility index (Phi) is 4.42. The van der Waals surface area contributed by atoms with Gasteiger partial charge in [-0.2, -0.15) is 0 Å². The second-order valence-electron chi connectivity index (χ2n) is 6.43. The number of carbonyl (C=O) groups excluding carboxylic acids is 1. The van der Waals surface area contributed by atoms with Gasteiger partial charge in [-0.3, -0.25) is 0 Å². The zero-order valence-corrected chi connectivity index (χ0v) is 13.1. The molecule has 2 N–H and O–H groups in total. The molecule has 1 amide bonds. The summed E-state index contributed by atoms with van der Waals surface area (Å²) in [5.74, 6) is 0.906. The third kappa shape index (κ3) is 3.88. The molecule has 0 aromatic heterocycles. The van der Waals surface area contributed by atoms with Crippen LogP contribution in [-0.2, 0) is 4.74 Å². The first-order valence-electron chi connectivity index (χ1n) is 7.17. The molecule has 1 aliphatic rings. The van der Waals surface area contributed by atoms with E-state index in [2.05, 4.69) is 0 Å². The van der Waals surface area contributed by atoms with E-state index >= 15 is 0 Å². The molecule has 5 heteroatoms. The third-order valence-electron chi connectivity index (χ3n) is 3.54. The summed E-state index contributed by atoms with van der Waals surface area (Å²) in [6.45, 7) is 6.67. The second-order valence-corrected chi connectivity index (χ2v) is 6.43. The number of carbonyl (C=O) groups is 1. The van der Waals surface area contributed by atoms with E-state index in [9.17, 15) is 4.79 Å². The van der Waals surface area contributed by atoms with E-state index in [0.717, 1.165) is 11.3 Å². The highest BCUT2D eigenvalue weighted by Crippen LogP contribution is 2.29. The number of methoxy groups -OCH3 is 1. The fraction of sp³-hybridized carbons (Fsp3) is 0.562. The minimum atomic E-state index is -0.491. The van der Waals surface area contributed by atoms with Crippen LogP contribution in [0.15, 0.2) is 24.3 Å². The molecule has 0 bridgehead atoms. The smallest absolute Gasteiger partial charge is 0.410 e. The zero-order chi connectivity index (χ0) is 15.6. The van der Waals surface area contributed by atoms with Crippen LogP contribution in [0.1, 0.15) is 32.3 Å². The van der Waals surface area contributed by atoms with Crippen LogP contribution in [-0.4, -0.2) is 42.8 Å². The molecule has 0 spiro atoms. The zero-order valence-electron chi connectivity index (χ0n) is 13.1. The van der Waals surface area contributed by atoms with Gasteiger partial charge in [-0.05, 0) is 38.5 Å². The summed E-state index contributed by atoms with van der Waals surface area (Å²) in [5.41, 5.74) is 6.80. The van der Waals surface area contributed by atoms with Crippen molar-refractivity contribution in [1.82, 2.24) is 4.90 Å². The maximum absolute atomic E-state index is 12.1. The first-order chi connectivity index (χ1) is 9.80. The number of hydrogen-bond acceptors (Lipinski definition) is 4. The van der Waals surface area contributed by atoms with Crippen molar-refractivity contribution in [2.45, 2.75) is 38.3 Å². The molecule has 2 atom stereocenters. The van der Waals surface area contributed by atoms with Gasteiger partial charge < -0.3 is 20.1 Å². The Morgan fingerprint density at radius 1 is 1.33 bits per heavy atom. The predicted octanol–water partition coefficient (Wildman–Crippen LogP) is 2.36. The number of benzene rings is 1. The van der Waals surface area contributed by atoms with Gasteiger partial charge >= 0.3 is 6.09 Å². The molecule has 5 nitrogen and oxygen atoms in total. The largest absolute Gasteiger partial charge is 0.497 e. The Hall–Kier alpha value is -1.75. The maximum atomic E-state index is 12.1. The molecule has 0 unspecified atom stereocenters. The molecule has 116 valence electrons. The third-order valence-corrected chi connectivity index (χ3v) is 3.54. The average molecular weight is 292 g/mol. The van der Waals surface area contributed by atoms with Crippen LogP contribution in [0, 0.1) is 0 Å². The normalized spacial score (nSPS) is 22.2. The number of likely N-dealkylation sites (tertiary alicyclic amines) is 1. The minimum Gasteiger partial charge on any atom is -0.497 e. The summed E-state index contributed by atoms with van der Waals surface area (Å²) < 4.78 is 10.6.